The van der Waals surface area contributed by atoms with Gasteiger partial charge in [0.1, 0.15) is 0 Å². The average Bonchev–Trinajstić information content (AvgIpc) is 3.27. The van der Waals surface area contributed by atoms with Crippen molar-refractivity contribution in [3.8, 4) is 11.5 Å². The third-order valence-electron chi connectivity index (χ3n) is 4.57. The zero-order valence-corrected chi connectivity index (χ0v) is 17.8. The molecule has 0 bridgehead atoms. The maximum Gasteiger partial charge on any atom is 0.231 e. The first-order valence-corrected chi connectivity index (χ1v) is 10.4. The number of thiazole rings is 1. The Labute approximate surface area is 174 Å². The molecule has 28 heavy (non-hydrogen) atoms. The lowest BCUT2D eigenvalue weighted by Crippen LogP contribution is -2.14. The van der Waals surface area contributed by atoms with E-state index in [4.69, 9.17) is 26.1 Å². The van der Waals surface area contributed by atoms with Crippen LogP contribution >= 0.6 is 22.9 Å². The van der Waals surface area contributed by atoms with Gasteiger partial charge in [0.2, 0.25) is 6.79 Å². The first-order chi connectivity index (χ1) is 13.4. The number of hydrogen-bond donors (Lipinski definition) is 1. The van der Waals surface area contributed by atoms with Gasteiger partial charge in [-0.1, -0.05) is 50.6 Å². The quantitative estimate of drug-likeness (QED) is 0.553. The molecule has 0 spiro atoms. The molecular formula is C22H23ClN2O2S. The topological polar surface area (TPSA) is 43.4 Å². The first-order valence-electron chi connectivity index (χ1n) is 9.25. The highest BCUT2D eigenvalue weighted by molar-refractivity contribution is 7.15. The molecule has 3 aromatic rings. The van der Waals surface area contributed by atoms with Crippen LogP contribution in [-0.2, 0) is 18.4 Å². The summed E-state index contributed by atoms with van der Waals surface area (Å²) in [5.74, 6) is 1.63. The molecule has 0 radical (unpaired) electrons. The van der Waals surface area contributed by atoms with Gasteiger partial charge >= 0.3 is 0 Å². The standard InChI is InChI=1S/C22H23ClN2O2S/c1-22(2,3)20-19(11-15-6-9-17-18(10-15)27-13-26-17)28-21(25-20)24-12-14-4-7-16(23)8-5-14/h4-10H,11-13H2,1-3H3,(H,24,25). The van der Waals surface area contributed by atoms with Gasteiger partial charge in [0.05, 0.1) is 5.69 Å². The monoisotopic (exact) mass is 414 g/mol. The third kappa shape index (κ3) is 4.26. The molecule has 4 nitrogen and oxygen atoms in total. The molecule has 0 atom stereocenters. The van der Waals surface area contributed by atoms with E-state index in [0.29, 0.717) is 6.79 Å². The molecule has 1 aliphatic heterocycles. The fourth-order valence-electron chi connectivity index (χ4n) is 3.15. The summed E-state index contributed by atoms with van der Waals surface area (Å²) in [6, 6.07) is 14.0. The highest BCUT2D eigenvalue weighted by Gasteiger charge is 2.24. The van der Waals surface area contributed by atoms with Crippen molar-refractivity contribution in [2.24, 2.45) is 0 Å². The number of benzene rings is 2. The first kappa shape index (κ1) is 19.1. The fraction of sp³-hybridized carbons (Fsp3) is 0.318. The molecule has 0 saturated carbocycles. The Kier molecular flexibility index (Phi) is 5.21. The van der Waals surface area contributed by atoms with Crippen molar-refractivity contribution in [2.45, 2.75) is 39.2 Å². The van der Waals surface area contributed by atoms with Gasteiger partial charge in [-0.15, -0.1) is 11.3 Å². The summed E-state index contributed by atoms with van der Waals surface area (Å²) in [6.07, 6.45) is 0.823. The molecular weight excluding hydrogens is 392 g/mol. The second-order valence-corrected chi connectivity index (χ2v) is 9.41. The number of nitrogens with zero attached hydrogens (tertiary/aromatic N) is 1. The normalized spacial score (nSPS) is 13.0. The van der Waals surface area contributed by atoms with Crippen LogP contribution in [-0.4, -0.2) is 11.8 Å². The lowest BCUT2D eigenvalue weighted by molar-refractivity contribution is 0.174. The second kappa shape index (κ2) is 7.64. The lowest BCUT2D eigenvalue weighted by Gasteiger charge is -2.17. The van der Waals surface area contributed by atoms with Crippen molar-refractivity contribution in [1.82, 2.24) is 4.98 Å². The summed E-state index contributed by atoms with van der Waals surface area (Å²) >= 11 is 7.68. The van der Waals surface area contributed by atoms with Crippen molar-refractivity contribution in [2.75, 3.05) is 12.1 Å². The fourth-order valence-corrected chi connectivity index (χ4v) is 4.48. The summed E-state index contributed by atoms with van der Waals surface area (Å²) in [4.78, 5) is 6.18. The summed E-state index contributed by atoms with van der Waals surface area (Å²) in [7, 11) is 0. The van der Waals surface area contributed by atoms with Crippen molar-refractivity contribution >= 4 is 28.1 Å². The van der Waals surface area contributed by atoms with Crippen molar-refractivity contribution < 1.29 is 9.47 Å². The minimum Gasteiger partial charge on any atom is -0.454 e. The Hall–Kier alpha value is -2.24. The third-order valence-corrected chi connectivity index (χ3v) is 5.83. The predicted molar refractivity (Wildman–Crippen MR) is 115 cm³/mol. The van der Waals surface area contributed by atoms with Gasteiger partial charge in [-0.05, 0) is 35.4 Å². The molecule has 0 fully saturated rings. The zero-order valence-electron chi connectivity index (χ0n) is 16.2. The smallest absolute Gasteiger partial charge is 0.231 e. The summed E-state index contributed by atoms with van der Waals surface area (Å²) in [5, 5.41) is 5.15. The van der Waals surface area contributed by atoms with E-state index in [-0.39, 0.29) is 5.41 Å². The summed E-state index contributed by atoms with van der Waals surface area (Å²) < 4.78 is 10.9. The van der Waals surface area contributed by atoms with Crippen LogP contribution in [0.2, 0.25) is 5.02 Å². The van der Waals surface area contributed by atoms with Crippen LogP contribution in [0.1, 0.15) is 42.5 Å². The van der Waals surface area contributed by atoms with Crippen LogP contribution in [0.15, 0.2) is 42.5 Å². The van der Waals surface area contributed by atoms with Gasteiger partial charge < -0.3 is 14.8 Å². The maximum absolute atomic E-state index is 5.97. The molecule has 0 unspecified atom stereocenters. The minimum absolute atomic E-state index is 0.0254. The molecule has 2 heterocycles. The Morgan fingerprint density at radius 2 is 1.75 bits per heavy atom. The van der Waals surface area contributed by atoms with Gasteiger partial charge in [-0.2, -0.15) is 0 Å². The molecule has 2 aromatic carbocycles. The zero-order chi connectivity index (χ0) is 19.7. The number of fused-ring (bicyclic) bond motifs is 1. The van der Waals surface area contributed by atoms with Gasteiger partial charge in [0.15, 0.2) is 16.6 Å². The number of rotatable bonds is 5. The number of halogens is 1. The van der Waals surface area contributed by atoms with E-state index in [1.54, 1.807) is 11.3 Å². The Morgan fingerprint density at radius 3 is 2.50 bits per heavy atom. The van der Waals surface area contributed by atoms with Gasteiger partial charge in [-0.25, -0.2) is 4.98 Å². The van der Waals surface area contributed by atoms with Crippen LogP contribution in [0, 0.1) is 0 Å². The molecule has 0 amide bonds. The van der Waals surface area contributed by atoms with Gasteiger partial charge in [0.25, 0.3) is 0 Å². The van der Waals surface area contributed by atoms with E-state index >= 15 is 0 Å². The van der Waals surface area contributed by atoms with E-state index in [1.807, 2.05) is 30.3 Å². The molecule has 4 rings (SSSR count). The predicted octanol–water partition coefficient (Wildman–Crippen LogP) is 6.03. The largest absolute Gasteiger partial charge is 0.454 e. The van der Waals surface area contributed by atoms with E-state index in [9.17, 15) is 0 Å². The number of nitrogens with one attached hydrogen (secondary N) is 1. The van der Waals surface area contributed by atoms with E-state index in [2.05, 4.69) is 38.2 Å². The average molecular weight is 415 g/mol. The molecule has 1 N–H and O–H groups in total. The summed E-state index contributed by atoms with van der Waals surface area (Å²) in [6.45, 7) is 7.62. The molecule has 6 heteroatoms. The van der Waals surface area contributed by atoms with Crippen molar-refractivity contribution in [3.05, 3.63) is 69.2 Å². The molecule has 0 aliphatic carbocycles. The van der Waals surface area contributed by atoms with Crippen molar-refractivity contribution in [1.29, 1.82) is 0 Å². The number of ether oxygens (including phenoxy) is 2. The Bertz CT molecular complexity index is 977. The van der Waals surface area contributed by atoms with Crippen LogP contribution < -0.4 is 14.8 Å². The van der Waals surface area contributed by atoms with E-state index < -0.39 is 0 Å². The van der Waals surface area contributed by atoms with Crippen LogP contribution in [0.4, 0.5) is 5.13 Å². The minimum atomic E-state index is -0.0254. The van der Waals surface area contributed by atoms with Gasteiger partial charge in [-0.3, -0.25) is 0 Å². The summed E-state index contributed by atoms with van der Waals surface area (Å²) in [5.41, 5.74) is 3.48. The van der Waals surface area contributed by atoms with E-state index in [0.717, 1.165) is 40.3 Å². The van der Waals surface area contributed by atoms with E-state index in [1.165, 1.54) is 16.0 Å². The Balaban J connectivity index is 1.55. The molecule has 1 aliphatic rings. The number of aromatic nitrogens is 1. The number of hydrogen-bond acceptors (Lipinski definition) is 5. The molecule has 146 valence electrons. The van der Waals surface area contributed by atoms with Crippen LogP contribution in [0.3, 0.4) is 0 Å². The van der Waals surface area contributed by atoms with Crippen LogP contribution in [0.25, 0.3) is 0 Å². The Morgan fingerprint density at radius 1 is 1.04 bits per heavy atom. The van der Waals surface area contributed by atoms with Crippen molar-refractivity contribution in [3.63, 3.8) is 0 Å². The van der Waals surface area contributed by atoms with Crippen LogP contribution in [0.5, 0.6) is 11.5 Å². The maximum atomic E-state index is 5.97. The SMILES string of the molecule is CC(C)(C)c1nc(NCc2ccc(Cl)cc2)sc1Cc1ccc2c(c1)OCO2. The second-order valence-electron chi connectivity index (χ2n) is 7.89. The number of anilines is 1. The molecule has 0 saturated heterocycles. The molecule has 1 aromatic heterocycles. The lowest BCUT2D eigenvalue weighted by atomic mass is 9.90. The highest BCUT2D eigenvalue weighted by atomic mass is 35.5. The van der Waals surface area contributed by atoms with Gasteiger partial charge in [0, 0.05) is 28.3 Å². The highest BCUT2D eigenvalue weighted by Crippen LogP contribution is 2.37.